The topological polar surface area (TPSA) is 127 Å². The molecule has 2 amide bonds. The number of aryl methyl sites for hydroxylation is 1. The second kappa shape index (κ2) is 9.27. The van der Waals surface area contributed by atoms with E-state index in [1.807, 2.05) is 18.7 Å². The molecule has 0 aliphatic carbocycles. The smallest absolute Gasteiger partial charge is 0.352 e. The number of carboxylic acid groups (broad SMARTS) is 1. The third-order valence-electron chi connectivity index (χ3n) is 5.68. The first kappa shape index (κ1) is 23.1. The number of primary amides is 1. The number of carbonyl (C=O) groups excluding carboxylic acids is 2. The second-order valence-corrected chi connectivity index (χ2v) is 7.57. The van der Waals surface area contributed by atoms with Gasteiger partial charge in [-0.25, -0.2) is 4.79 Å². The molecule has 9 heteroatoms. The summed E-state index contributed by atoms with van der Waals surface area (Å²) in [5.41, 5.74) is 8.28. The summed E-state index contributed by atoms with van der Waals surface area (Å²) in [5, 5.41) is 12.8. The zero-order valence-corrected chi connectivity index (χ0v) is 18.6. The van der Waals surface area contributed by atoms with Gasteiger partial charge < -0.3 is 25.5 Å². The lowest BCUT2D eigenvalue weighted by molar-refractivity contribution is -0.120. The van der Waals surface area contributed by atoms with Gasteiger partial charge in [0.2, 0.25) is 5.91 Å². The summed E-state index contributed by atoms with van der Waals surface area (Å²) in [7, 11) is 1.54. The summed E-state index contributed by atoms with van der Waals surface area (Å²) >= 11 is 0. The molecule has 3 rings (SSSR count). The maximum Gasteiger partial charge on any atom is 0.352 e. The molecule has 1 atom stereocenters. The van der Waals surface area contributed by atoms with E-state index in [9.17, 15) is 19.5 Å². The Hall–Kier alpha value is -3.59. The van der Waals surface area contributed by atoms with Crippen molar-refractivity contribution in [2.45, 2.75) is 33.4 Å². The molecular weight excluding hydrogens is 412 g/mol. The van der Waals surface area contributed by atoms with E-state index >= 15 is 0 Å². The number of anilines is 1. The Labute approximate surface area is 186 Å². The highest BCUT2D eigenvalue weighted by Crippen LogP contribution is 2.37. The number of hydrogen-bond acceptors (Lipinski definition) is 5. The van der Waals surface area contributed by atoms with E-state index < -0.39 is 18.0 Å². The van der Waals surface area contributed by atoms with Gasteiger partial charge in [0.05, 0.1) is 25.3 Å². The van der Waals surface area contributed by atoms with Crippen LogP contribution in [0.2, 0.25) is 0 Å². The summed E-state index contributed by atoms with van der Waals surface area (Å²) in [6.45, 7) is 6.72. The van der Waals surface area contributed by atoms with Crippen molar-refractivity contribution in [1.29, 1.82) is 0 Å². The number of nitrogens with one attached hydrogen (secondary N) is 1. The number of aromatic nitrogens is 1. The predicted octanol–water partition coefficient (Wildman–Crippen LogP) is 2.71. The number of rotatable bonds is 9. The van der Waals surface area contributed by atoms with Crippen LogP contribution < -0.4 is 15.8 Å². The summed E-state index contributed by atoms with van der Waals surface area (Å²) in [5.74, 6) is -1.37. The molecule has 0 saturated carbocycles. The van der Waals surface area contributed by atoms with Crippen LogP contribution in [0.15, 0.2) is 24.3 Å². The molecule has 0 saturated heterocycles. The van der Waals surface area contributed by atoms with Crippen molar-refractivity contribution < 1.29 is 24.2 Å². The van der Waals surface area contributed by atoms with Crippen molar-refractivity contribution >= 4 is 35.1 Å². The van der Waals surface area contributed by atoms with Crippen LogP contribution in [0, 0.1) is 6.92 Å². The molecule has 1 aliphatic heterocycles. The average Bonchev–Trinajstić information content (AvgIpc) is 3.23. The molecule has 9 nitrogen and oxygen atoms in total. The molecule has 32 heavy (non-hydrogen) atoms. The molecule has 2 heterocycles. The van der Waals surface area contributed by atoms with Crippen molar-refractivity contribution in [2.75, 3.05) is 25.5 Å². The van der Waals surface area contributed by atoms with E-state index in [0.29, 0.717) is 46.9 Å². The first-order chi connectivity index (χ1) is 15.2. The van der Waals surface area contributed by atoms with Gasteiger partial charge in [-0.1, -0.05) is 13.8 Å². The number of aromatic carboxylic acids is 1. The van der Waals surface area contributed by atoms with E-state index in [-0.39, 0.29) is 18.0 Å². The Bertz CT molecular complexity index is 1100. The first-order valence-corrected chi connectivity index (χ1v) is 10.4. The Morgan fingerprint density at radius 2 is 1.97 bits per heavy atom. The fourth-order valence-electron chi connectivity index (χ4n) is 4.18. The summed E-state index contributed by atoms with van der Waals surface area (Å²) < 4.78 is 6.88. The van der Waals surface area contributed by atoms with Crippen LogP contribution in [-0.4, -0.2) is 52.6 Å². The van der Waals surface area contributed by atoms with Crippen molar-refractivity contribution in [2.24, 2.45) is 5.73 Å². The van der Waals surface area contributed by atoms with Crippen LogP contribution in [0.25, 0.3) is 11.6 Å². The Balaban J connectivity index is 2.25. The predicted molar refractivity (Wildman–Crippen MR) is 121 cm³/mol. The monoisotopic (exact) mass is 440 g/mol. The number of carbonyl (C=O) groups is 3. The van der Waals surface area contributed by atoms with Crippen molar-refractivity contribution in [3.8, 4) is 5.75 Å². The van der Waals surface area contributed by atoms with Gasteiger partial charge in [-0.15, -0.1) is 0 Å². The maximum absolute atomic E-state index is 12.7. The molecule has 1 aromatic heterocycles. The van der Waals surface area contributed by atoms with Gasteiger partial charge in [0.15, 0.2) is 0 Å². The molecule has 4 N–H and O–H groups in total. The van der Waals surface area contributed by atoms with Gasteiger partial charge in [0.25, 0.3) is 5.91 Å². The van der Waals surface area contributed by atoms with Gasteiger partial charge in [0.1, 0.15) is 11.4 Å². The highest BCUT2D eigenvalue weighted by Gasteiger charge is 2.30. The Kier molecular flexibility index (Phi) is 6.69. The molecule has 1 aromatic carbocycles. The fraction of sp³-hybridized carbons (Fsp3) is 0.348. The van der Waals surface area contributed by atoms with Crippen LogP contribution in [0.4, 0.5) is 5.69 Å². The molecule has 0 bridgehead atoms. The number of ether oxygens (including phenoxy) is 1. The Morgan fingerprint density at radius 1 is 1.28 bits per heavy atom. The number of hydrogen-bond donors (Lipinski definition) is 3. The van der Waals surface area contributed by atoms with Gasteiger partial charge in [-0.3, -0.25) is 14.5 Å². The quantitative estimate of drug-likeness (QED) is 0.515. The summed E-state index contributed by atoms with van der Waals surface area (Å²) in [6.07, 6.45) is 0.976. The number of carboxylic acids is 1. The minimum atomic E-state index is -1.12. The van der Waals surface area contributed by atoms with Gasteiger partial charge >= 0.3 is 5.97 Å². The van der Waals surface area contributed by atoms with E-state index in [4.69, 9.17) is 10.5 Å². The van der Waals surface area contributed by atoms with Crippen molar-refractivity contribution in [3.63, 3.8) is 0 Å². The third-order valence-corrected chi connectivity index (χ3v) is 5.68. The number of nitrogens with two attached hydrogens (primary N) is 1. The van der Waals surface area contributed by atoms with E-state index in [1.54, 1.807) is 48.9 Å². The Morgan fingerprint density at radius 3 is 2.53 bits per heavy atom. The largest absolute Gasteiger partial charge is 0.497 e. The number of methoxy groups -OCH3 is 1. The fourth-order valence-corrected chi connectivity index (χ4v) is 4.18. The van der Waals surface area contributed by atoms with E-state index in [2.05, 4.69) is 5.32 Å². The number of fused-ring (bicyclic) bond motifs is 1. The van der Waals surface area contributed by atoms with Gasteiger partial charge in [0, 0.05) is 16.9 Å². The van der Waals surface area contributed by atoms with Crippen LogP contribution in [0.5, 0.6) is 5.75 Å². The summed E-state index contributed by atoms with van der Waals surface area (Å²) in [4.78, 5) is 38.7. The lowest BCUT2D eigenvalue weighted by atomic mass is 10.1. The average molecular weight is 441 g/mol. The number of amides is 2. The minimum Gasteiger partial charge on any atom is -0.497 e. The van der Waals surface area contributed by atoms with Crippen molar-refractivity contribution in [3.05, 3.63) is 46.8 Å². The maximum atomic E-state index is 12.7. The lowest BCUT2D eigenvalue weighted by Crippen LogP contribution is -2.37. The zero-order valence-electron chi connectivity index (χ0n) is 18.6. The molecule has 0 fully saturated rings. The lowest BCUT2D eigenvalue weighted by Gasteiger charge is -2.32. The number of nitrogens with zero attached hydrogens (tertiary/aromatic N) is 2. The van der Waals surface area contributed by atoms with Gasteiger partial charge in [-0.05, 0) is 55.9 Å². The SMILES string of the molecule is CCN(CC)C(CC(N)=O)n1c(C=C2C(=O)Nc3ccc(OC)cc32)cc(C)c1C(=O)O. The van der Waals surface area contributed by atoms with Crippen LogP contribution >= 0.6 is 0 Å². The third kappa shape index (κ3) is 4.24. The second-order valence-electron chi connectivity index (χ2n) is 7.57. The van der Waals surface area contributed by atoms with Crippen LogP contribution in [-0.2, 0) is 9.59 Å². The van der Waals surface area contributed by atoms with Gasteiger partial charge in [-0.2, -0.15) is 0 Å². The van der Waals surface area contributed by atoms with Crippen LogP contribution in [0.1, 0.15) is 53.7 Å². The highest BCUT2D eigenvalue weighted by molar-refractivity contribution is 6.35. The minimum absolute atomic E-state index is 0.0549. The zero-order chi connectivity index (χ0) is 23.6. The normalized spacial score (nSPS) is 15.0. The summed E-state index contributed by atoms with van der Waals surface area (Å²) in [6, 6.07) is 6.97. The highest BCUT2D eigenvalue weighted by atomic mass is 16.5. The molecule has 0 spiro atoms. The standard InChI is InChI=1S/C23H28N4O5/c1-5-26(6-2)20(12-19(24)28)27-14(9-13(3)21(27)23(30)31)10-17-16-11-15(32-4)7-8-18(16)25-22(17)29/h7-11,20H,5-6,12H2,1-4H3,(H2,24,28)(H,25,29)(H,30,31). The molecule has 1 aliphatic rings. The number of benzene rings is 1. The molecule has 1 unspecified atom stereocenters. The van der Waals surface area contributed by atoms with E-state index in [1.165, 1.54) is 0 Å². The van der Waals surface area contributed by atoms with E-state index in [0.717, 1.165) is 0 Å². The molecule has 170 valence electrons. The molecular formula is C23H28N4O5. The first-order valence-electron chi connectivity index (χ1n) is 10.4. The van der Waals surface area contributed by atoms with Crippen LogP contribution in [0.3, 0.4) is 0 Å². The molecule has 2 aromatic rings. The van der Waals surface area contributed by atoms with Crippen molar-refractivity contribution in [1.82, 2.24) is 9.47 Å². The molecule has 0 radical (unpaired) electrons.